The maximum Gasteiger partial charge on any atom is 0.274 e. The van der Waals surface area contributed by atoms with E-state index in [1.165, 1.54) is 17.0 Å². The highest BCUT2D eigenvalue weighted by Gasteiger charge is 2.21. The molecule has 88 valence electrons. The van der Waals surface area contributed by atoms with Gasteiger partial charge in [-0.15, -0.1) is 0 Å². The van der Waals surface area contributed by atoms with E-state index in [1.807, 2.05) is 0 Å². The summed E-state index contributed by atoms with van der Waals surface area (Å²) in [7, 11) is 1.56. The summed E-state index contributed by atoms with van der Waals surface area (Å²) in [4.78, 5) is 23.9. The second-order valence-corrected chi connectivity index (χ2v) is 4.28. The largest absolute Gasteiger partial charge is 0.389 e. The Hall–Kier alpha value is -1.69. The zero-order valence-corrected chi connectivity index (χ0v) is 9.52. The van der Waals surface area contributed by atoms with Crippen LogP contribution in [0.5, 0.6) is 0 Å². The predicted molar refractivity (Wildman–Crippen MR) is 58.1 cm³/mol. The van der Waals surface area contributed by atoms with Crippen molar-refractivity contribution in [3.05, 3.63) is 28.2 Å². The van der Waals surface area contributed by atoms with Crippen molar-refractivity contribution < 1.29 is 9.90 Å². The fourth-order valence-electron chi connectivity index (χ4n) is 1.31. The molecule has 0 saturated heterocycles. The molecule has 1 amide bonds. The number of nitrogens with one attached hydrogen (secondary N) is 1. The summed E-state index contributed by atoms with van der Waals surface area (Å²) < 4.78 is 0. The lowest BCUT2D eigenvalue weighted by molar-refractivity contribution is 0.0364. The molecule has 0 fully saturated rings. The summed E-state index contributed by atoms with van der Waals surface area (Å²) >= 11 is 0. The van der Waals surface area contributed by atoms with E-state index in [-0.39, 0.29) is 23.7 Å². The fraction of sp³-hybridized carbons (Fsp3) is 0.500. The summed E-state index contributed by atoms with van der Waals surface area (Å²) in [6.07, 6.45) is 0. The second-order valence-electron chi connectivity index (χ2n) is 4.28. The van der Waals surface area contributed by atoms with Crippen molar-refractivity contribution in [2.24, 2.45) is 0 Å². The van der Waals surface area contributed by atoms with Crippen LogP contribution in [0, 0.1) is 0 Å². The summed E-state index contributed by atoms with van der Waals surface area (Å²) in [5, 5.41) is 15.4. The third-order valence-electron chi connectivity index (χ3n) is 1.87. The minimum absolute atomic E-state index is 0.145. The van der Waals surface area contributed by atoms with E-state index in [9.17, 15) is 14.7 Å². The van der Waals surface area contributed by atoms with Crippen molar-refractivity contribution in [1.29, 1.82) is 0 Å². The van der Waals surface area contributed by atoms with Gasteiger partial charge >= 0.3 is 0 Å². The highest BCUT2D eigenvalue weighted by molar-refractivity contribution is 5.91. The van der Waals surface area contributed by atoms with Crippen LogP contribution in [0.3, 0.4) is 0 Å². The van der Waals surface area contributed by atoms with Crippen LogP contribution in [0.15, 0.2) is 16.9 Å². The Balaban J connectivity index is 2.78. The van der Waals surface area contributed by atoms with Crippen molar-refractivity contribution in [1.82, 2.24) is 15.1 Å². The van der Waals surface area contributed by atoms with Crippen LogP contribution in [-0.2, 0) is 0 Å². The minimum Gasteiger partial charge on any atom is -0.389 e. The summed E-state index contributed by atoms with van der Waals surface area (Å²) in [6, 6.07) is 2.58. The number of H-pyrrole nitrogens is 1. The summed E-state index contributed by atoms with van der Waals surface area (Å²) in [6.45, 7) is 3.40. The Kier molecular flexibility index (Phi) is 3.44. The van der Waals surface area contributed by atoms with Gasteiger partial charge in [0.2, 0.25) is 0 Å². The van der Waals surface area contributed by atoms with Gasteiger partial charge in [0.05, 0.1) is 5.60 Å². The molecule has 0 radical (unpaired) electrons. The van der Waals surface area contributed by atoms with Gasteiger partial charge in [-0.05, 0) is 19.9 Å². The van der Waals surface area contributed by atoms with Crippen LogP contribution < -0.4 is 5.56 Å². The van der Waals surface area contributed by atoms with Gasteiger partial charge in [-0.2, -0.15) is 5.10 Å². The topological polar surface area (TPSA) is 86.3 Å². The molecule has 0 atom stereocenters. The maximum atomic E-state index is 11.8. The first-order valence-corrected chi connectivity index (χ1v) is 4.83. The lowest BCUT2D eigenvalue weighted by atomic mass is 10.1. The standard InChI is InChI=1S/C10H15N3O3/c1-10(2,16)6-13(3)9(15)7-4-5-8(14)12-11-7/h4-5,16H,6H2,1-3H3,(H,12,14). The van der Waals surface area contributed by atoms with Crippen molar-refractivity contribution in [2.45, 2.75) is 19.4 Å². The van der Waals surface area contributed by atoms with E-state index in [1.54, 1.807) is 20.9 Å². The third-order valence-corrected chi connectivity index (χ3v) is 1.87. The molecule has 0 aliphatic rings. The molecule has 0 bridgehead atoms. The number of aliphatic hydroxyl groups is 1. The van der Waals surface area contributed by atoms with Gasteiger partial charge in [0.15, 0.2) is 0 Å². The fourth-order valence-corrected chi connectivity index (χ4v) is 1.31. The van der Waals surface area contributed by atoms with Gasteiger partial charge in [-0.3, -0.25) is 9.59 Å². The number of carbonyl (C=O) groups is 1. The monoisotopic (exact) mass is 225 g/mol. The number of hydrogen-bond acceptors (Lipinski definition) is 4. The average Bonchev–Trinajstić information content (AvgIpc) is 2.15. The highest BCUT2D eigenvalue weighted by atomic mass is 16.3. The van der Waals surface area contributed by atoms with Crippen LogP contribution in [0.2, 0.25) is 0 Å². The van der Waals surface area contributed by atoms with Crippen molar-refractivity contribution in [3.8, 4) is 0 Å². The Morgan fingerprint density at radius 3 is 2.62 bits per heavy atom. The molecule has 1 aromatic rings. The second kappa shape index (κ2) is 4.44. The molecule has 1 heterocycles. The first-order valence-electron chi connectivity index (χ1n) is 4.83. The molecule has 16 heavy (non-hydrogen) atoms. The Morgan fingerprint density at radius 1 is 1.56 bits per heavy atom. The molecule has 0 unspecified atom stereocenters. The van der Waals surface area contributed by atoms with Crippen LogP contribution >= 0.6 is 0 Å². The molecule has 0 saturated carbocycles. The maximum absolute atomic E-state index is 11.8. The number of nitrogens with zero attached hydrogens (tertiary/aromatic N) is 2. The number of aromatic amines is 1. The molecule has 1 rings (SSSR count). The van der Waals surface area contributed by atoms with Crippen molar-refractivity contribution in [3.63, 3.8) is 0 Å². The third kappa shape index (κ3) is 3.47. The number of aromatic nitrogens is 2. The van der Waals surface area contributed by atoms with Crippen molar-refractivity contribution in [2.75, 3.05) is 13.6 Å². The molecule has 0 aliphatic heterocycles. The molecule has 6 nitrogen and oxygen atoms in total. The van der Waals surface area contributed by atoms with Gasteiger partial charge in [0.1, 0.15) is 5.69 Å². The molecule has 0 aliphatic carbocycles. The van der Waals surface area contributed by atoms with E-state index in [4.69, 9.17) is 0 Å². The predicted octanol–water partition coefficient (Wildman–Crippen LogP) is -0.387. The van der Waals surface area contributed by atoms with Crippen LogP contribution in [0.4, 0.5) is 0 Å². The summed E-state index contributed by atoms with van der Waals surface area (Å²) in [5.74, 6) is -0.349. The molecule has 1 aromatic heterocycles. The lowest BCUT2D eigenvalue weighted by Crippen LogP contribution is -2.40. The quantitative estimate of drug-likeness (QED) is 0.733. The van der Waals surface area contributed by atoms with Crippen LogP contribution in [0.25, 0.3) is 0 Å². The highest BCUT2D eigenvalue weighted by Crippen LogP contribution is 2.05. The zero-order valence-electron chi connectivity index (χ0n) is 9.52. The first-order chi connectivity index (χ1) is 7.29. The number of hydrogen-bond donors (Lipinski definition) is 2. The van der Waals surface area contributed by atoms with Gasteiger partial charge in [0, 0.05) is 19.7 Å². The van der Waals surface area contributed by atoms with Crippen LogP contribution in [0.1, 0.15) is 24.3 Å². The van der Waals surface area contributed by atoms with E-state index in [2.05, 4.69) is 10.2 Å². The van der Waals surface area contributed by atoms with Gasteiger partial charge in [-0.25, -0.2) is 5.10 Å². The molecule has 6 heteroatoms. The number of amides is 1. The van der Waals surface area contributed by atoms with Gasteiger partial charge < -0.3 is 10.0 Å². The Morgan fingerprint density at radius 2 is 2.19 bits per heavy atom. The number of carbonyl (C=O) groups excluding carboxylic acids is 1. The SMILES string of the molecule is CN(CC(C)(C)O)C(=O)c1ccc(=O)[nH]n1. The lowest BCUT2D eigenvalue weighted by Gasteiger charge is -2.25. The first kappa shape index (κ1) is 12.4. The molecule has 0 spiro atoms. The van der Waals surface area contributed by atoms with E-state index in [0.717, 1.165) is 0 Å². The Bertz CT molecular complexity index is 413. The normalized spacial score (nSPS) is 11.2. The molecule has 0 aromatic carbocycles. The van der Waals surface area contributed by atoms with Crippen LogP contribution in [-0.4, -0.2) is 45.3 Å². The molecular formula is C10H15N3O3. The van der Waals surface area contributed by atoms with E-state index < -0.39 is 5.60 Å². The van der Waals surface area contributed by atoms with E-state index in [0.29, 0.717) is 0 Å². The smallest absolute Gasteiger partial charge is 0.274 e. The average molecular weight is 225 g/mol. The minimum atomic E-state index is -0.966. The zero-order chi connectivity index (χ0) is 12.3. The molecular weight excluding hydrogens is 210 g/mol. The Labute approximate surface area is 92.9 Å². The van der Waals surface area contributed by atoms with E-state index >= 15 is 0 Å². The van der Waals surface area contributed by atoms with Crippen molar-refractivity contribution >= 4 is 5.91 Å². The molecule has 2 N–H and O–H groups in total. The van der Waals surface area contributed by atoms with Gasteiger partial charge in [0.25, 0.3) is 11.5 Å². The number of rotatable bonds is 3. The number of likely N-dealkylation sites (N-methyl/N-ethyl adjacent to an activating group) is 1. The summed E-state index contributed by atoms with van der Waals surface area (Å²) in [5.41, 5.74) is -1.18. The van der Waals surface area contributed by atoms with Gasteiger partial charge in [-0.1, -0.05) is 0 Å².